The van der Waals surface area contributed by atoms with Crippen LogP contribution in [0, 0.1) is 9.39 Å². The second-order valence-electron chi connectivity index (χ2n) is 10.2. The monoisotopic (exact) mass is 790 g/mol. The lowest BCUT2D eigenvalue weighted by Gasteiger charge is -2.26. The molecule has 4 aromatic rings. The Bertz CT molecular complexity index is 1930. The molecule has 3 aromatic carbocycles. The molecule has 0 unspecified atom stereocenters. The number of carbonyl (C=O) groups excluding carboxylic acids is 1. The summed E-state index contributed by atoms with van der Waals surface area (Å²) in [6.45, 7) is 7.73. The number of halogens is 3. The number of esters is 1. The van der Waals surface area contributed by atoms with E-state index in [0.29, 0.717) is 37.7 Å². The number of para-hydroxylation sites is 1. The lowest BCUT2D eigenvalue weighted by Crippen LogP contribution is -2.40. The summed E-state index contributed by atoms with van der Waals surface area (Å²) in [5.41, 5.74) is 2.59. The molecule has 0 N–H and O–H groups in total. The normalized spacial score (nSPS) is 14.8. The Balaban J connectivity index is 1.67. The third-order valence-corrected chi connectivity index (χ3v) is 8.96. The topological polar surface area (TPSA) is 79.1 Å². The average molecular weight is 791 g/mol. The molecule has 0 saturated heterocycles. The minimum atomic E-state index is -0.806. The number of allylic oxidation sites excluding steroid dienone is 1. The first-order chi connectivity index (χ1) is 21.1. The van der Waals surface area contributed by atoms with E-state index < -0.39 is 12.0 Å². The zero-order chi connectivity index (χ0) is 31.5. The molecule has 0 radical (unpaired) electrons. The van der Waals surface area contributed by atoms with E-state index in [1.165, 1.54) is 23.5 Å². The lowest BCUT2D eigenvalue weighted by atomic mass is 9.95. The van der Waals surface area contributed by atoms with Crippen molar-refractivity contribution in [2.45, 2.75) is 46.4 Å². The Labute approximate surface area is 280 Å². The predicted molar refractivity (Wildman–Crippen MR) is 180 cm³/mol. The van der Waals surface area contributed by atoms with Gasteiger partial charge in [0.25, 0.3) is 5.56 Å². The van der Waals surface area contributed by atoms with Gasteiger partial charge in [-0.3, -0.25) is 9.36 Å². The molecule has 2 heterocycles. The van der Waals surface area contributed by atoms with Gasteiger partial charge < -0.3 is 14.2 Å². The highest BCUT2D eigenvalue weighted by atomic mass is 127. The molecule has 0 bridgehead atoms. The molecule has 0 amide bonds. The van der Waals surface area contributed by atoms with Crippen molar-refractivity contribution in [2.24, 2.45) is 4.99 Å². The van der Waals surface area contributed by atoms with Gasteiger partial charge in [0.05, 0.1) is 32.1 Å². The first-order valence-corrected chi connectivity index (χ1v) is 16.6. The van der Waals surface area contributed by atoms with Crippen LogP contribution in [-0.2, 0) is 16.1 Å². The number of fused-ring (bicyclic) bond motifs is 1. The average Bonchev–Trinajstić information content (AvgIpc) is 3.26. The van der Waals surface area contributed by atoms with Gasteiger partial charge in [-0.05, 0) is 92.3 Å². The van der Waals surface area contributed by atoms with Crippen molar-refractivity contribution in [3.63, 3.8) is 0 Å². The largest absolute Gasteiger partial charge is 0.491 e. The van der Waals surface area contributed by atoms with Crippen molar-refractivity contribution in [1.82, 2.24) is 4.57 Å². The molecular weight excluding hydrogens is 762 g/mol. The van der Waals surface area contributed by atoms with E-state index in [0.717, 1.165) is 13.6 Å². The Morgan fingerprint density at radius 2 is 1.91 bits per heavy atom. The van der Waals surface area contributed by atoms with Crippen LogP contribution in [0.5, 0.6) is 11.5 Å². The van der Waals surface area contributed by atoms with Crippen LogP contribution in [0.15, 0.2) is 86.2 Å². The fraction of sp³-hybridized carbons (Fsp3) is 0.242. The van der Waals surface area contributed by atoms with Crippen LogP contribution in [0.4, 0.5) is 4.39 Å². The van der Waals surface area contributed by atoms with Crippen molar-refractivity contribution >= 4 is 61.9 Å². The Morgan fingerprint density at radius 1 is 1.18 bits per heavy atom. The highest BCUT2D eigenvalue weighted by Gasteiger charge is 2.35. The number of thiazole rings is 1. The Kier molecular flexibility index (Phi) is 10.1. The fourth-order valence-electron chi connectivity index (χ4n) is 4.87. The van der Waals surface area contributed by atoms with Gasteiger partial charge in [0.2, 0.25) is 0 Å². The molecule has 1 aliphatic heterocycles. The van der Waals surface area contributed by atoms with E-state index in [-0.39, 0.29) is 36.3 Å². The van der Waals surface area contributed by atoms with Crippen LogP contribution >= 0.6 is 49.9 Å². The Hall–Kier alpha value is -3.29. The molecule has 1 aromatic heterocycles. The molecule has 44 heavy (non-hydrogen) atoms. The van der Waals surface area contributed by atoms with Gasteiger partial charge in [-0.2, -0.15) is 0 Å². The molecule has 7 nitrogen and oxygen atoms in total. The van der Waals surface area contributed by atoms with E-state index >= 15 is 0 Å². The number of hydrogen-bond acceptors (Lipinski definition) is 7. The number of ether oxygens (including phenoxy) is 3. The number of carbonyl (C=O) groups is 1. The molecule has 1 atom stereocenters. The summed E-state index contributed by atoms with van der Waals surface area (Å²) in [5, 5.41) is 0. The van der Waals surface area contributed by atoms with E-state index in [4.69, 9.17) is 14.2 Å². The van der Waals surface area contributed by atoms with Gasteiger partial charge in [0.15, 0.2) is 4.80 Å². The first-order valence-electron chi connectivity index (χ1n) is 13.9. The summed E-state index contributed by atoms with van der Waals surface area (Å²) in [7, 11) is 0. The molecule has 11 heteroatoms. The third-order valence-electron chi connectivity index (χ3n) is 6.71. The smallest absolute Gasteiger partial charge is 0.338 e. The van der Waals surface area contributed by atoms with Crippen molar-refractivity contribution in [2.75, 3.05) is 6.61 Å². The molecule has 0 aliphatic carbocycles. The van der Waals surface area contributed by atoms with E-state index in [9.17, 15) is 14.0 Å². The summed E-state index contributed by atoms with van der Waals surface area (Å²) >= 11 is 6.98. The molecule has 1 aliphatic rings. The van der Waals surface area contributed by atoms with Crippen molar-refractivity contribution in [3.8, 4) is 11.5 Å². The molecule has 0 fully saturated rings. The van der Waals surface area contributed by atoms with Crippen molar-refractivity contribution < 1.29 is 23.4 Å². The maximum Gasteiger partial charge on any atom is 0.338 e. The van der Waals surface area contributed by atoms with Crippen LogP contribution in [0.25, 0.3) is 6.08 Å². The SMILES string of the molecule is CCOC(=O)C1=C(C)N=c2s/c(=C\c3cc(Br)cc(I)c3OCc3ccc(F)cc3)c(=O)n2[C@H]1c1ccccc1OC(C)C. The van der Waals surface area contributed by atoms with Gasteiger partial charge in [0, 0.05) is 15.6 Å². The van der Waals surface area contributed by atoms with Crippen molar-refractivity contribution in [3.05, 3.63) is 122 Å². The number of hydrogen-bond donors (Lipinski definition) is 0. The predicted octanol–water partition coefficient (Wildman–Crippen LogP) is 6.67. The van der Waals surface area contributed by atoms with Crippen molar-refractivity contribution in [1.29, 1.82) is 0 Å². The standard InChI is InChI=1S/C33H29BrFIN2O5S/c1-5-41-32(40)28-19(4)37-33-38(29(28)24-8-6-7-9-26(24)43-18(2)3)31(39)27(44-33)15-21-14-22(34)16-25(36)30(21)42-17-20-10-12-23(35)13-11-20/h6-16,18,29H,5,17H2,1-4H3/b27-15-/t29-/m0/s1. The van der Waals surface area contributed by atoms with Crippen LogP contribution in [0.3, 0.4) is 0 Å². The number of benzene rings is 3. The second kappa shape index (κ2) is 13.8. The van der Waals surface area contributed by atoms with Crippen LogP contribution in [0.2, 0.25) is 0 Å². The number of aromatic nitrogens is 1. The molecular formula is C33H29BrFIN2O5S. The maximum absolute atomic E-state index is 14.2. The highest BCUT2D eigenvalue weighted by molar-refractivity contribution is 14.1. The van der Waals surface area contributed by atoms with E-state index in [2.05, 4.69) is 43.5 Å². The zero-order valence-electron chi connectivity index (χ0n) is 24.4. The van der Waals surface area contributed by atoms with Gasteiger partial charge in [-0.1, -0.05) is 57.6 Å². The van der Waals surface area contributed by atoms with Gasteiger partial charge in [-0.25, -0.2) is 14.2 Å². The Morgan fingerprint density at radius 3 is 2.61 bits per heavy atom. The number of nitrogens with zero attached hydrogens (tertiary/aromatic N) is 2. The lowest BCUT2D eigenvalue weighted by molar-refractivity contribution is -0.139. The number of rotatable bonds is 9. The van der Waals surface area contributed by atoms with Gasteiger partial charge >= 0.3 is 5.97 Å². The minimum absolute atomic E-state index is 0.129. The fourth-order valence-corrected chi connectivity index (χ4v) is 7.61. The van der Waals surface area contributed by atoms with E-state index in [1.807, 2.05) is 50.2 Å². The van der Waals surface area contributed by atoms with Crippen LogP contribution < -0.4 is 24.4 Å². The summed E-state index contributed by atoms with van der Waals surface area (Å²) in [6, 6.07) is 16.5. The van der Waals surface area contributed by atoms with Crippen LogP contribution in [0.1, 0.15) is 50.4 Å². The summed E-state index contributed by atoms with van der Waals surface area (Å²) in [5.74, 6) is 0.294. The molecule has 5 rings (SSSR count). The first kappa shape index (κ1) is 32.1. The maximum atomic E-state index is 14.2. The summed E-state index contributed by atoms with van der Waals surface area (Å²) in [4.78, 5) is 32.7. The molecule has 228 valence electrons. The summed E-state index contributed by atoms with van der Waals surface area (Å²) in [6.07, 6.45) is 1.64. The van der Waals surface area contributed by atoms with Gasteiger partial charge in [-0.15, -0.1) is 0 Å². The zero-order valence-corrected chi connectivity index (χ0v) is 29.0. The van der Waals surface area contributed by atoms with Gasteiger partial charge in [0.1, 0.15) is 30.0 Å². The third kappa shape index (κ3) is 6.84. The highest BCUT2D eigenvalue weighted by Crippen LogP contribution is 2.36. The second-order valence-corrected chi connectivity index (χ2v) is 13.3. The quantitative estimate of drug-likeness (QED) is 0.140. The minimum Gasteiger partial charge on any atom is -0.491 e. The van der Waals surface area contributed by atoms with Crippen LogP contribution in [-0.4, -0.2) is 23.2 Å². The molecule has 0 saturated carbocycles. The summed E-state index contributed by atoms with van der Waals surface area (Å²) < 4.78 is 34.8. The van der Waals surface area contributed by atoms with E-state index in [1.54, 1.807) is 36.6 Å². The molecule has 0 spiro atoms.